The lowest BCUT2D eigenvalue weighted by atomic mass is 10.0. The number of ether oxygens (including phenoxy) is 1. The maximum Gasteiger partial charge on any atom is 0.302 e. The molecule has 2 amide bonds. The molecule has 0 saturated carbocycles. The molecule has 2 heterocycles. The Kier molecular flexibility index (Phi) is 5.10. The minimum atomic E-state index is -1.31. The number of rotatable bonds is 5. The Morgan fingerprint density at radius 3 is 2.80 bits per heavy atom. The number of thioether (sulfide) groups is 1. The number of nitrogens with one attached hydrogen (secondary N) is 1. The van der Waals surface area contributed by atoms with Crippen LogP contribution in [0.3, 0.4) is 0 Å². The summed E-state index contributed by atoms with van der Waals surface area (Å²) in [7, 11) is 0. The lowest BCUT2D eigenvalue weighted by Crippen LogP contribution is -2.68. The first-order chi connectivity index (χ1) is 12.0. The van der Waals surface area contributed by atoms with Gasteiger partial charge in [0.25, 0.3) is 11.8 Å². The molecule has 2 N–H and O–H groups in total. The lowest BCUT2D eigenvalue weighted by molar-refractivity contribution is -0.146. The summed E-state index contributed by atoms with van der Waals surface area (Å²) in [6.07, 6.45) is 0.356. The van der Waals surface area contributed by atoms with E-state index in [1.807, 2.05) is 0 Å². The number of β-lactam (4-membered cyclic amide) rings is 1. The fourth-order valence-corrected chi connectivity index (χ4v) is 3.90. The number of fused-ring (bicyclic) bond motifs is 1. The molecule has 0 radical (unpaired) electrons. The van der Waals surface area contributed by atoms with E-state index in [0.717, 1.165) is 5.57 Å². The van der Waals surface area contributed by atoms with Crippen molar-refractivity contribution >= 4 is 29.5 Å². The zero-order valence-corrected chi connectivity index (χ0v) is 14.4. The minimum absolute atomic E-state index is 0.155. The number of esters is 1. The van der Waals surface area contributed by atoms with Gasteiger partial charge in [-0.15, -0.1) is 11.8 Å². The van der Waals surface area contributed by atoms with Crippen molar-refractivity contribution in [1.82, 2.24) is 10.2 Å². The van der Waals surface area contributed by atoms with Crippen LogP contribution in [0, 0.1) is 0 Å². The zero-order valence-electron chi connectivity index (χ0n) is 13.5. The van der Waals surface area contributed by atoms with Crippen molar-refractivity contribution in [3.63, 3.8) is 0 Å². The second kappa shape index (κ2) is 7.28. The van der Waals surface area contributed by atoms with Gasteiger partial charge in [-0.2, -0.15) is 0 Å². The van der Waals surface area contributed by atoms with Crippen LogP contribution in [0.15, 0.2) is 42.1 Å². The Bertz CT molecular complexity index is 721. The van der Waals surface area contributed by atoms with E-state index < -0.39 is 18.1 Å². The van der Waals surface area contributed by atoms with E-state index in [2.05, 4.69) is 5.32 Å². The normalized spacial score (nSPS) is 23.0. The summed E-state index contributed by atoms with van der Waals surface area (Å²) in [6, 6.07) is 7.89. The predicted octanol–water partition coefficient (Wildman–Crippen LogP) is 0.567. The van der Waals surface area contributed by atoms with Gasteiger partial charge in [0.15, 0.2) is 6.10 Å². The summed E-state index contributed by atoms with van der Waals surface area (Å²) in [4.78, 5) is 36.8. The van der Waals surface area contributed by atoms with Gasteiger partial charge in [-0.3, -0.25) is 14.4 Å². The molecular weight excluding hydrogens is 344 g/mol. The van der Waals surface area contributed by atoms with E-state index in [4.69, 9.17) is 4.74 Å². The van der Waals surface area contributed by atoms with Crippen molar-refractivity contribution in [2.75, 3.05) is 12.4 Å². The molecule has 1 aromatic rings. The van der Waals surface area contributed by atoms with Gasteiger partial charge >= 0.3 is 5.97 Å². The number of aliphatic hydroxyl groups excluding tert-OH is 1. The number of aliphatic hydroxyl groups is 1. The largest absolute Gasteiger partial charge is 0.461 e. The number of benzene rings is 1. The van der Waals surface area contributed by atoms with E-state index in [9.17, 15) is 19.5 Å². The van der Waals surface area contributed by atoms with E-state index in [-0.39, 0.29) is 23.9 Å². The van der Waals surface area contributed by atoms with Crippen molar-refractivity contribution in [2.24, 2.45) is 0 Å². The second-order valence-electron chi connectivity index (χ2n) is 5.81. The second-order valence-corrected chi connectivity index (χ2v) is 6.92. The van der Waals surface area contributed by atoms with Gasteiger partial charge in [0, 0.05) is 18.9 Å². The molecular formula is C17H18N2O5S. The highest BCUT2D eigenvalue weighted by atomic mass is 32.2. The lowest BCUT2D eigenvalue weighted by Gasteiger charge is -2.47. The summed E-state index contributed by atoms with van der Waals surface area (Å²) >= 11 is 1.48. The highest BCUT2D eigenvalue weighted by Crippen LogP contribution is 2.36. The monoisotopic (exact) mass is 362 g/mol. The number of carbonyl (C=O) groups is 3. The molecule has 1 fully saturated rings. The van der Waals surface area contributed by atoms with Gasteiger partial charge in [0.2, 0.25) is 0 Å². The molecule has 3 atom stereocenters. The molecule has 8 heteroatoms. The molecule has 0 spiro atoms. The van der Waals surface area contributed by atoms with Crippen molar-refractivity contribution in [2.45, 2.75) is 24.4 Å². The molecule has 0 aromatic heterocycles. The van der Waals surface area contributed by atoms with Crippen LogP contribution in [-0.4, -0.2) is 51.6 Å². The molecule has 132 valence electrons. The number of hydrogen-bond acceptors (Lipinski definition) is 6. The summed E-state index contributed by atoms with van der Waals surface area (Å²) in [6.45, 7) is 1.49. The first kappa shape index (κ1) is 17.5. The maximum atomic E-state index is 12.2. The first-order valence-electron chi connectivity index (χ1n) is 7.77. The maximum absolute atomic E-state index is 12.2. The van der Waals surface area contributed by atoms with Crippen LogP contribution < -0.4 is 5.32 Å². The van der Waals surface area contributed by atoms with E-state index in [0.29, 0.717) is 11.3 Å². The molecule has 3 rings (SSSR count). The van der Waals surface area contributed by atoms with E-state index in [1.54, 1.807) is 36.5 Å². The summed E-state index contributed by atoms with van der Waals surface area (Å²) in [5, 5.41) is 12.5. The predicted molar refractivity (Wildman–Crippen MR) is 91.1 cm³/mol. The Balaban J connectivity index is 1.59. The van der Waals surface area contributed by atoms with Gasteiger partial charge in [-0.25, -0.2) is 0 Å². The Morgan fingerprint density at radius 2 is 2.12 bits per heavy atom. The van der Waals surface area contributed by atoms with Crippen LogP contribution in [0.2, 0.25) is 0 Å². The molecule has 1 unspecified atom stereocenters. The SMILES string of the molecule is CC(=O)OCC1=CN2C(=O)[C@@H](NC(=O)C(O)c3ccccc3)[C@H]2SC1. The third-order valence-corrected chi connectivity index (χ3v) is 5.34. The highest BCUT2D eigenvalue weighted by Gasteiger charge is 2.49. The summed E-state index contributed by atoms with van der Waals surface area (Å²) in [5.41, 5.74) is 1.31. The topological polar surface area (TPSA) is 95.9 Å². The van der Waals surface area contributed by atoms with Crippen LogP contribution in [0.5, 0.6) is 0 Å². The Labute approximate surface area is 149 Å². The number of carbonyl (C=O) groups excluding carboxylic acids is 3. The Hall–Kier alpha value is -2.32. The third-order valence-electron chi connectivity index (χ3n) is 3.96. The van der Waals surface area contributed by atoms with Gasteiger partial charge < -0.3 is 20.1 Å². The average Bonchev–Trinajstić information content (AvgIpc) is 2.63. The van der Waals surface area contributed by atoms with Crippen molar-refractivity contribution in [1.29, 1.82) is 0 Å². The van der Waals surface area contributed by atoms with Gasteiger partial charge in [0.05, 0.1) is 0 Å². The fraction of sp³-hybridized carbons (Fsp3) is 0.353. The molecule has 2 aliphatic heterocycles. The third kappa shape index (κ3) is 3.69. The highest BCUT2D eigenvalue weighted by molar-refractivity contribution is 8.00. The number of amides is 2. The van der Waals surface area contributed by atoms with Crippen molar-refractivity contribution in [3.8, 4) is 0 Å². The number of hydrogen-bond donors (Lipinski definition) is 2. The summed E-state index contributed by atoms with van der Waals surface area (Å²) in [5.74, 6) is -0.608. The van der Waals surface area contributed by atoms with Crippen LogP contribution >= 0.6 is 11.8 Å². The quantitative estimate of drug-likeness (QED) is 0.587. The van der Waals surface area contributed by atoms with Crippen LogP contribution in [-0.2, 0) is 19.1 Å². The number of nitrogens with zero attached hydrogens (tertiary/aromatic N) is 1. The van der Waals surface area contributed by atoms with Crippen molar-refractivity contribution in [3.05, 3.63) is 47.7 Å². The minimum Gasteiger partial charge on any atom is -0.461 e. The molecule has 0 aliphatic carbocycles. The van der Waals surface area contributed by atoms with Crippen LogP contribution in [0.4, 0.5) is 0 Å². The Morgan fingerprint density at radius 1 is 1.40 bits per heavy atom. The average molecular weight is 362 g/mol. The fourth-order valence-electron chi connectivity index (χ4n) is 2.65. The summed E-state index contributed by atoms with van der Waals surface area (Å²) < 4.78 is 4.93. The van der Waals surface area contributed by atoms with Crippen LogP contribution in [0.25, 0.3) is 0 Å². The molecule has 0 bridgehead atoms. The van der Waals surface area contributed by atoms with E-state index in [1.165, 1.54) is 23.6 Å². The molecule has 2 aliphatic rings. The zero-order chi connectivity index (χ0) is 18.0. The molecule has 1 aromatic carbocycles. The van der Waals surface area contributed by atoms with Gasteiger partial charge in [-0.05, 0) is 11.1 Å². The first-order valence-corrected chi connectivity index (χ1v) is 8.82. The van der Waals surface area contributed by atoms with Gasteiger partial charge in [-0.1, -0.05) is 30.3 Å². The van der Waals surface area contributed by atoms with E-state index >= 15 is 0 Å². The molecule has 1 saturated heterocycles. The van der Waals surface area contributed by atoms with Crippen molar-refractivity contribution < 1.29 is 24.2 Å². The van der Waals surface area contributed by atoms with Gasteiger partial charge in [0.1, 0.15) is 18.0 Å². The smallest absolute Gasteiger partial charge is 0.302 e. The standard InChI is InChI=1S/C17H18N2O5S/c1-10(20)24-8-11-7-19-16(23)13(17(19)25-9-11)18-15(22)14(21)12-5-3-2-4-6-12/h2-7,13-14,17,21H,8-9H2,1H3,(H,18,22)/t13-,14?,17-/m1/s1. The molecule has 25 heavy (non-hydrogen) atoms. The molecule has 7 nitrogen and oxygen atoms in total. The van der Waals surface area contributed by atoms with Crippen LogP contribution in [0.1, 0.15) is 18.6 Å².